The molecule has 106 valence electrons. The Morgan fingerprint density at radius 3 is 2.86 bits per heavy atom. The van der Waals surface area contributed by atoms with E-state index in [9.17, 15) is 0 Å². The molecule has 0 unspecified atom stereocenters. The summed E-state index contributed by atoms with van der Waals surface area (Å²) in [6, 6.07) is 8.70. The van der Waals surface area contributed by atoms with Crippen molar-refractivity contribution in [3.05, 3.63) is 41.6 Å². The van der Waals surface area contributed by atoms with Crippen LogP contribution in [0.25, 0.3) is 23.0 Å². The molecular weight excluding hydrogens is 292 g/mol. The van der Waals surface area contributed by atoms with Gasteiger partial charge in [0.05, 0.1) is 23.4 Å². The van der Waals surface area contributed by atoms with E-state index in [1.165, 1.54) is 7.11 Å². The minimum Gasteiger partial charge on any atom is -0.496 e. The molecule has 0 amide bonds. The van der Waals surface area contributed by atoms with Gasteiger partial charge in [-0.25, -0.2) is 0 Å². The summed E-state index contributed by atoms with van der Waals surface area (Å²) in [6.45, 7) is 0. The van der Waals surface area contributed by atoms with E-state index in [2.05, 4.69) is 15.1 Å². The molecule has 2 aromatic heterocycles. The normalized spacial score (nSPS) is 10.6. The van der Waals surface area contributed by atoms with Crippen LogP contribution in [0.2, 0.25) is 5.02 Å². The van der Waals surface area contributed by atoms with Gasteiger partial charge in [0, 0.05) is 12.3 Å². The number of nitrogens with zero attached hydrogens (tertiary/aromatic N) is 3. The third-order valence-corrected chi connectivity index (χ3v) is 3.20. The highest BCUT2D eigenvalue weighted by molar-refractivity contribution is 6.33. The zero-order chi connectivity index (χ0) is 14.8. The SMILES string of the molecule is COc1cc(N)c(Cl)cc1-c1nc(-c2ccccn2)no1. The largest absolute Gasteiger partial charge is 0.496 e. The lowest BCUT2D eigenvalue weighted by molar-refractivity contribution is 0.405. The quantitative estimate of drug-likeness (QED) is 0.748. The Kier molecular flexibility index (Phi) is 3.45. The number of halogens is 1. The third kappa shape index (κ3) is 2.53. The third-order valence-electron chi connectivity index (χ3n) is 2.87. The minimum absolute atomic E-state index is 0.286. The van der Waals surface area contributed by atoms with Crippen molar-refractivity contribution in [2.45, 2.75) is 0 Å². The summed E-state index contributed by atoms with van der Waals surface area (Å²) in [7, 11) is 1.53. The highest BCUT2D eigenvalue weighted by atomic mass is 35.5. The fourth-order valence-corrected chi connectivity index (χ4v) is 2.00. The van der Waals surface area contributed by atoms with Crippen LogP contribution < -0.4 is 10.5 Å². The van der Waals surface area contributed by atoms with Crippen LogP contribution in [-0.2, 0) is 0 Å². The van der Waals surface area contributed by atoms with Gasteiger partial charge < -0.3 is 15.0 Å². The molecule has 3 aromatic rings. The molecule has 0 aliphatic rings. The van der Waals surface area contributed by atoms with Gasteiger partial charge in [-0.05, 0) is 18.2 Å². The molecule has 6 nitrogen and oxygen atoms in total. The summed E-state index contributed by atoms with van der Waals surface area (Å²) in [5, 5.41) is 4.30. The first-order valence-electron chi connectivity index (χ1n) is 6.07. The standard InChI is InChI=1S/C14H11ClN4O2/c1-20-12-7-10(16)9(15)6-8(12)14-18-13(19-21-14)11-4-2-3-5-17-11/h2-7H,16H2,1H3. The molecule has 0 radical (unpaired) electrons. The molecule has 2 N–H and O–H groups in total. The van der Waals surface area contributed by atoms with Gasteiger partial charge in [0.2, 0.25) is 5.82 Å². The zero-order valence-corrected chi connectivity index (χ0v) is 11.8. The van der Waals surface area contributed by atoms with Crippen molar-refractivity contribution in [2.75, 3.05) is 12.8 Å². The Bertz CT molecular complexity index is 774. The van der Waals surface area contributed by atoms with Crippen molar-refractivity contribution in [3.63, 3.8) is 0 Å². The minimum atomic E-state index is 0.286. The van der Waals surface area contributed by atoms with Gasteiger partial charge >= 0.3 is 0 Å². The molecule has 0 saturated carbocycles. The molecule has 0 aliphatic carbocycles. The molecule has 0 atom stereocenters. The van der Waals surface area contributed by atoms with Gasteiger partial charge in [-0.2, -0.15) is 4.98 Å². The summed E-state index contributed by atoms with van der Waals surface area (Å²) < 4.78 is 10.5. The van der Waals surface area contributed by atoms with Crippen molar-refractivity contribution in [3.8, 4) is 28.7 Å². The van der Waals surface area contributed by atoms with E-state index in [0.717, 1.165) is 0 Å². The highest BCUT2D eigenvalue weighted by Gasteiger charge is 2.17. The monoisotopic (exact) mass is 302 g/mol. The molecular formula is C14H11ClN4O2. The predicted molar refractivity (Wildman–Crippen MR) is 78.9 cm³/mol. The lowest BCUT2D eigenvalue weighted by atomic mass is 10.2. The average molecular weight is 303 g/mol. The summed E-state index contributed by atoms with van der Waals surface area (Å²) in [5.74, 6) is 1.18. The number of anilines is 1. The van der Waals surface area contributed by atoms with Crippen LogP contribution in [0, 0.1) is 0 Å². The van der Waals surface area contributed by atoms with Gasteiger partial charge in [-0.15, -0.1) is 0 Å². The maximum atomic E-state index is 6.03. The smallest absolute Gasteiger partial charge is 0.262 e. The highest BCUT2D eigenvalue weighted by Crippen LogP contribution is 2.35. The Morgan fingerprint density at radius 1 is 1.29 bits per heavy atom. The second-order valence-corrected chi connectivity index (χ2v) is 4.62. The van der Waals surface area contributed by atoms with E-state index in [4.69, 9.17) is 26.6 Å². The summed E-state index contributed by atoms with van der Waals surface area (Å²) >= 11 is 6.03. The van der Waals surface area contributed by atoms with Crippen LogP contribution >= 0.6 is 11.6 Å². The Hall–Kier alpha value is -2.60. The fourth-order valence-electron chi connectivity index (χ4n) is 1.84. The number of methoxy groups -OCH3 is 1. The maximum absolute atomic E-state index is 6.03. The van der Waals surface area contributed by atoms with E-state index in [-0.39, 0.29) is 5.89 Å². The first-order valence-corrected chi connectivity index (χ1v) is 6.45. The Labute approximate surface area is 125 Å². The number of hydrogen-bond acceptors (Lipinski definition) is 6. The van der Waals surface area contributed by atoms with Crippen LogP contribution in [0.5, 0.6) is 5.75 Å². The number of nitrogens with two attached hydrogens (primary N) is 1. The molecule has 21 heavy (non-hydrogen) atoms. The number of rotatable bonds is 3. The van der Waals surface area contributed by atoms with E-state index in [0.29, 0.717) is 33.5 Å². The molecule has 2 heterocycles. The lowest BCUT2D eigenvalue weighted by Crippen LogP contribution is -1.93. The van der Waals surface area contributed by atoms with Crippen molar-refractivity contribution in [1.29, 1.82) is 0 Å². The molecule has 0 bridgehead atoms. The first-order chi connectivity index (χ1) is 10.2. The van der Waals surface area contributed by atoms with Crippen molar-refractivity contribution < 1.29 is 9.26 Å². The first kappa shape index (κ1) is 13.4. The van der Waals surface area contributed by atoms with Crippen LogP contribution in [-0.4, -0.2) is 22.2 Å². The fraction of sp³-hybridized carbons (Fsp3) is 0.0714. The molecule has 7 heteroatoms. The average Bonchev–Trinajstić information content (AvgIpc) is 3.00. The lowest BCUT2D eigenvalue weighted by Gasteiger charge is -2.07. The molecule has 0 fully saturated rings. The molecule has 0 saturated heterocycles. The van der Waals surface area contributed by atoms with E-state index >= 15 is 0 Å². The van der Waals surface area contributed by atoms with E-state index in [1.807, 2.05) is 12.1 Å². The second-order valence-electron chi connectivity index (χ2n) is 4.21. The number of pyridine rings is 1. The maximum Gasteiger partial charge on any atom is 0.262 e. The summed E-state index contributed by atoms with van der Waals surface area (Å²) in [4.78, 5) is 8.48. The number of aromatic nitrogens is 3. The van der Waals surface area contributed by atoms with Crippen LogP contribution in [0.15, 0.2) is 41.1 Å². The van der Waals surface area contributed by atoms with Crippen molar-refractivity contribution in [2.24, 2.45) is 0 Å². The Balaban J connectivity index is 2.06. The van der Waals surface area contributed by atoms with Crippen LogP contribution in [0.4, 0.5) is 5.69 Å². The number of hydrogen-bond donors (Lipinski definition) is 1. The van der Waals surface area contributed by atoms with Crippen LogP contribution in [0.1, 0.15) is 0 Å². The summed E-state index contributed by atoms with van der Waals surface area (Å²) in [5.41, 5.74) is 7.36. The topological polar surface area (TPSA) is 87.1 Å². The van der Waals surface area contributed by atoms with Gasteiger partial charge in [0.15, 0.2) is 0 Å². The predicted octanol–water partition coefficient (Wildman–Crippen LogP) is 3.04. The van der Waals surface area contributed by atoms with Gasteiger partial charge in [-0.3, -0.25) is 4.98 Å². The summed E-state index contributed by atoms with van der Waals surface area (Å²) in [6.07, 6.45) is 1.66. The molecule has 0 spiro atoms. The van der Waals surface area contributed by atoms with Crippen molar-refractivity contribution in [1.82, 2.24) is 15.1 Å². The zero-order valence-electron chi connectivity index (χ0n) is 11.1. The molecule has 3 rings (SSSR count). The van der Waals surface area contributed by atoms with Gasteiger partial charge in [0.1, 0.15) is 11.4 Å². The Morgan fingerprint density at radius 2 is 2.14 bits per heavy atom. The molecule has 1 aromatic carbocycles. The van der Waals surface area contributed by atoms with Gasteiger partial charge in [-0.1, -0.05) is 22.8 Å². The number of ether oxygens (including phenoxy) is 1. The van der Waals surface area contributed by atoms with Crippen molar-refractivity contribution >= 4 is 17.3 Å². The van der Waals surface area contributed by atoms with E-state index in [1.54, 1.807) is 24.4 Å². The molecule has 0 aliphatic heterocycles. The number of nitrogen functional groups attached to an aromatic ring is 1. The van der Waals surface area contributed by atoms with Gasteiger partial charge in [0.25, 0.3) is 5.89 Å². The number of benzene rings is 1. The van der Waals surface area contributed by atoms with E-state index < -0.39 is 0 Å². The second kappa shape index (κ2) is 5.41. The van der Waals surface area contributed by atoms with Crippen LogP contribution in [0.3, 0.4) is 0 Å².